The Morgan fingerprint density at radius 3 is 1.26 bits per heavy atom. The summed E-state index contributed by atoms with van der Waals surface area (Å²) in [7, 11) is 0. The number of alkyl carbamates (subject to hydrolysis) is 3. The molecule has 6 aliphatic heterocycles. The summed E-state index contributed by atoms with van der Waals surface area (Å²) < 4.78 is 139. The molecule has 6 aromatic rings. The van der Waals surface area contributed by atoms with Gasteiger partial charge in [0.05, 0.1) is 52.7 Å². The SMILES string of the molecule is CC[C@@H]1[C@@H]2CN(C(=O)[C@H](C(C)(C)C)NC(=O)O[C@@H]3CCC[C@H]3CCCCCc3nc4ccc(OC(F)(F)F)cc4nc3O2)[C@@H]1[C-]=O.CC[C@@H]1[C@@H]2CN(C(=O)[C@H](C(C)(C)C)NC(=O)O[C@@H]3C[C@H]3CCCCCc3nc4ccc(O)cc4nc3O2)[C@@H]1[C-]=O.C[C@@H]1[C@@H]2CN(C(=O)[C@H](C(C)(C)C)NC(=O)O[C@@H]3CC4CC4[C@H]3CCCCCc3nc4ccc(OC(F)F)cc4nc3O2)[C@@H]1[C-]=O.FC(F)F.[HH].[V].[V].[V]. The molecule has 6 amide bonds. The van der Waals surface area contributed by atoms with Gasteiger partial charge >= 0.3 is 37.9 Å². The van der Waals surface area contributed by atoms with E-state index < -0.39 is 138 Å². The third-order valence-electron chi connectivity index (χ3n) is 27.7. The summed E-state index contributed by atoms with van der Waals surface area (Å²) in [4.78, 5) is 151. The molecule has 16 rings (SSSR count). The van der Waals surface area contributed by atoms with Crippen molar-refractivity contribution < 1.29 is 178 Å². The number of aryl methyl sites for hydroxylation is 3. The van der Waals surface area contributed by atoms with E-state index >= 15 is 0 Å². The zero-order valence-corrected chi connectivity index (χ0v) is 83.8. The molecule has 755 valence electrons. The van der Waals surface area contributed by atoms with Gasteiger partial charge in [-0.2, -0.15) is 22.0 Å². The molecule has 3 saturated heterocycles. The largest absolute Gasteiger partial charge is 0.573 e. The molecule has 10 aliphatic rings. The molecule has 3 aromatic heterocycles. The number of carbonyl (C=O) groups excluding carboxylic acids is 9. The van der Waals surface area contributed by atoms with Crippen molar-refractivity contribution in [3.63, 3.8) is 0 Å². The second-order valence-electron chi connectivity index (χ2n) is 40.4. The van der Waals surface area contributed by atoms with E-state index in [1.165, 1.54) is 45.4 Å². The van der Waals surface area contributed by atoms with Crippen LogP contribution in [-0.2, 0) is 118 Å². The number of phenolic OH excluding ortho intramolecular Hbond substituents is 1. The quantitative estimate of drug-likeness (QED) is 0.0624. The van der Waals surface area contributed by atoms with Crippen LogP contribution < -0.4 is 39.6 Å². The van der Waals surface area contributed by atoms with E-state index in [0.717, 1.165) is 121 Å². The van der Waals surface area contributed by atoms with E-state index in [1.807, 2.05) is 88.7 Å². The number of nitrogens with one attached hydrogen (secondary N) is 3. The molecule has 20 atom stereocenters. The van der Waals surface area contributed by atoms with Crippen LogP contribution in [0.25, 0.3) is 33.1 Å². The smallest absolute Gasteiger partial charge is 0.540 e. The molecule has 138 heavy (non-hydrogen) atoms. The van der Waals surface area contributed by atoms with E-state index in [0.29, 0.717) is 101 Å². The molecule has 0 spiro atoms. The Kier molecular flexibility index (Phi) is 38.3. The van der Waals surface area contributed by atoms with Crippen molar-refractivity contribution in [2.45, 2.75) is 323 Å². The van der Waals surface area contributed by atoms with Gasteiger partial charge in [-0.1, -0.05) is 153 Å². The zero-order chi connectivity index (χ0) is 97.4. The zero-order valence-electron chi connectivity index (χ0n) is 79.6. The number of rotatable bonds is 8. The second kappa shape index (κ2) is 47.7. The minimum Gasteiger partial charge on any atom is -0.540 e. The molecule has 41 heteroatoms. The third-order valence-corrected chi connectivity index (χ3v) is 27.7. The number of hydrogen-bond donors (Lipinski definition) is 4. The maximum Gasteiger partial charge on any atom is 0.573 e. The number of carbonyl (C=O) groups is 6. The normalized spacial score (nSPS) is 28.9. The third kappa shape index (κ3) is 27.8. The summed E-state index contributed by atoms with van der Waals surface area (Å²) in [5.41, 5.74) is 2.43. The Labute approximate surface area is 834 Å². The monoisotopic (exact) mass is 2050 g/mol. The van der Waals surface area contributed by atoms with E-state index in [9.17, 15) is 83.4 Å². The maximum atomic E-state index is 14.1. The first kappa shape index (κ1) is 111. The predicted octanol–water partition coefficient (Wildman–Crippen LogP) is 16.8. The van der Waals surface area contributed by atoms with Crippen LogP contribution in [0.15, 0.2) is 54.6 Å². The van der Waals surface area contributed by atoms with Crippen LogP contribution >= 0.6 is 0 Å². The van der Waals surface area contributed by atoms with Crippen LogP contribution in [0, 0.1) is 63.6 Å². The molecular formula is C97H125F8N12O18V3-3. The van der Waals surface area contributed by atoms with E-state index in [2.05, 4.69) is 41.7 Å². The van der Waals surface area contributed by atoms with E-state index in [-0.39, 0.29) is 142 Å². The summed E-state index contributed by atoms with van der Waals surface area (Å²) in [5.74, 6) is -0.119. The molecule has 3 radical (unpaired) electrons. The average molecular weight is 2050 g/mol. The number of ether oxygens (including phenoxy) is 8. The van der Waals surface area contributed by atoms with Crippen LogP contribution in [0.4, 0.5) is 49.5 Å². The van der Waals surface area contributed by atoms with Crippen LogP contribution in [0.3, 0.4) is 0 Å². The van der Waals surface area contributed by atoms with Crippen molar-refractivity contribution in [1.82, 2.24) is 60.6 Å². The van der Waals surface area contributed by atoms with Gasteiger partial charge in [0.2, 0.25) is 35.4 Å². The number of halogens is 8. The topological polar surface area (TPSA) is 371 Å². The molecule has 6 bridgehead atoms. The van der Waals surface area contributed by atoms with Gasteiger partial charge in [-0.25, -0.2) is 63.1 Å². The fourth-order valence-electron chi connectivity index (χ4n) is 20.4. The molecule has 4 saturated carbocycles. The summed E-state index contributed by atoms with van der Waals surface area (Å²) in [6.07, 6.45) is 16.3. The van der Waals surface area contributed by atoms with Crippen LogP contribution in [-0.4, -0.2) is 217 Å². The van der Waals surface area contributed by atoms with Gasteiger partial charge in [-0.3, -0.25) is 14.4 Å². The number of aromatic nitrogens is 6. The van der Waals surface area contributed by atoms with Gasteiger partial charge in [0.15, 0.2) is 0 Å². The van der Waals surface area contributed by atoms with Gasteiger partial charge in [0, 0.05) is 75.3 Å². The number of aromatic hydroxyl groups is 1. The second-order valence-corrected chi connectivity index (χ2v) is 40.4. The Hall–Kier alpha value is -9.10. The first-order valence-electron chi connectivity index (χ1n) is 47.2. The minimum absolute atomic E-state index is 0. The van der Waals surface area contributed by atoms with Gasteiger partial charge in [-0.05, 0) is 196 Å². The van der Waals surface area contributed by atoms with Gasteiger partial charge in [0.25, 0.3) is 0 Å². The number of alkyl halides is 8. The van der Waals surface area contributed by atoms with Crippen molar-refractivity contribution in [3.8, 4) is 34.9 Å². The molecule has 3 aromatic carbocycles. The Morgan fingerprint density at radius 2 is 0.819 bits per heavy atom. The fraction of sp³-hybridized carbons (Fsp3) is 0.660. The number of nitrogens with zero attached hydrogens (tertiary/aromatic N) is 9. The molecular weight excluding hydrogens is 1930 g/mol. The minimum atomic E-state index is -4.87. The number of hydrogen-bond acceptors (Lipinski definition) is 24. The molecule has 7 fully saturated rings. The molecule has 2 unspecified atom stereocenters. The molecule has 9 heterocycles. The molecule has 4 N–H and O–H groups in total. The summed E-state index contributed by atoms with van der Waals surface area (Å²) in [5, 5.41) is 18.5. The van der Waals surface area contributed by atoms with Crippen LogP contribution in [0.2, 0.25) is 0 Å². The standard InChI is InChI=1S/C33H42F3N4O6.C33H41F2N4O6.C30H39N4O6.CHF3.3V.H2/c1-5-21-25(18-41)40-17-27(21)44-29-23(37-22-15-14-20(16-24(22)38-29)46-33(34,35)36)12-8-6-7-10-19-11-9-13-26(19)45-31(43)39-28(30(40)42)32(2,3)4;1-17-25(16-40)39-15-27(17)44-29-23(36-22-11-10-19(43-31(34)35)14-24(22)37-29)9-7-5-6-8-20-21-12-18(21)13-26(20)45-32(42)38-28(30(39)41)33(2,3)4;1-5-19-23(16-35)34-15-25(19)39-27-21(31-20-12-11-18(36)14-22(20)32-27)10-8-6-7-9-17-13-24(17)40-29(38)33-26(28(34)37)30(2,3)4;2-1(3)4;;;;/h14-16,19,21,25-28H,5-13,17H2,1-4H3,(H,39,43);10-11,14,17-18,20-21,25-28,31H,5-9,12-13,15H2,1-4H3,(H,38,42);11-12,14,17,19,23-26,36H,5-10,13,15H2,1-4H3,(H,33,38);1H;;;;1H/q3*-1;;;;;/t19-,21+,25-,26-,27+,28-;17-,18?,20+,21?,25+,26+,27-,28+;17-,19+,23-,24-,25+,26-;;;;;/m101...../s1. The van der Waals surface area contributed by atoms with Crippen molar-refractivity contribution in [2.75, 3.05) is 19.6 Å². The van der Waals surface area contributed by atoms with E-state index in [1.54, 1.807) is 31.2 Å². The van der Waals surface area contributed by atoms with Gasteiger partial charge in [0.1, 0.15) is 89.1 Å². The molecule has 4 aliphatic carbocycles. The Bertz CT molecular complexity index is 5240. The average Bonchev–Trinajstić information content (AvgIpc) is 1.61. The summed E-state index contributed by atoms with van der Waals surface area (Å²) >= 11 is 0. The first-order valence-corrected chi connectivity index (χ1v) is 47.2. The number of benzene rings is 3. The Balaban J connectivity index is 0.000000226. The predicted molar refractivity (Wildman–Crippen MR) is 478 cm³/mol. The van der Waals surface area contributed by atoms with Crippen LogP contribution in [0.1, 0.15) is 230 Å². The van der Waals surface area contributed by atoms with Crippen molar-refractivity contribution in [1.29, 1.82) is 0 Å². The van der Waals surface area contributed by atoms with Gasteiger partial charge in [-0.15, -0.1) is 13.2 Å². The molecule has 30 nitrogen and oxygen atoms in total. The van der Waals surface area contributed by atoms with Crippen molar-refractivity contribution in [2.24, 2.45) is 63.6 Å². The van der Waals surface area contributed by atoms with Gasteiger partial charge < -0.3 is 88.0 Å². The first-order chi connectivity index (χ1) is 64.0. The number of amides is 6. The van der Waals surface area contributed by atoms with Crippen molar-refractivity contribution in [3.05, 3.63) is 71.7 Å². The maximum absolute atomic E-state index is 14.1. The van der Waals surface area contributed by atoms with Crippen molar-refractivity contribution >= 4 is 88.0 Å². The number of phenols is 1. The van der Waals surface area contributed by atoms with E-state index in [4.69, 9.17) is 48.4 Å². The summed E-state index contributed by atoms with van der Waals surface area (Å²) in [6.45, 7) is 15.8. The fourth-order valence-corrected chi connectivity index (χ4v) is 20.4. The number of fused-ring (bicyclic) bond motifs is 17. The summed E-state index contributed by atoms with van der Waals surface area (Å²) in [6, 6.07) is 7.52. The Morgan fingerprint density at radius 1 is 0.435 bits per heavy atom. The van der Waals surface area contributed by atoms with Crippen LogP contribution in [0.5, 0.6) is 34.9 Å².